The zero-order valence-electron chi connectivity index (χ0n) is 45.6. The number of nitrogens with zero attached hydrogens (tertiary/aromatic N) is 8. The van der Waals surface area contributed by atoms with Crippen LogP contribution in [-0.4, -0.2) is 65.4 Å². The average Bonchev–Trinajstić information content (AvgIpc) is 2.01. The van der Waals surface area contributed by atoms with E-state index >= 15 is 0 Å². The number of anilines is 4. The predicted molar refractivity (Wildman–Crippen MR) is 349 cm³/mol. The highest BCUT2D eigenvalue weighted by Gasteiger charge is 2.44. The van der Waals surface area contributed by atoms with Gasteiger partial charge < -0.3 is 20.0 Å². The standard InChI is InChI=1S/C69H50N8O4S4/c1-70-84-73-53-32-39(20-21-42(53)37-18-22-46-44-14-8-16-56(44)76(58(46)33-37)40-10-4-2-5-11-40)60-28-29-62(82-60)51-35-54(68(78)79)71-64-48(51)25-26-49-52(36-55(69(80)81)72-65(49)64)63-31-30-61(83-63)50-27-24-43(66-67(50)75-85-74-66)38-19-23-47-45-15-9-17-57(45)77(59(47)34-38)41-12-6-3-7-13-41/h2-7,10-13,18-31,33-36,44-45,56-57H,1,8-9,14-17,32H2,(H,78,79)(H,80,81)/b73-53+. The van der Waals surface area contributed by atoms with E-state index in [2.05, 4.69) is 148 Å². The lowest BCUT2D eigenvalue weighted by Gasteiger charge is -2.27. The van der Waals surface area contributed by atoms with Crippen LogP contribution in [0.1, 0.15) is 99.3 Å². The zero-order chi connectivity index (χ0) is 57.0. The Balaban J connectivity index is 0.740. The number of carbonyl (C=O) groups is 2. The maximum absolute atomic E-state index is 13.0. The first-order valence-corrected chi connectivity index (χ1v) is 31.6. The fourth-order valence-corrected chi connectivity index (χ4v) is 17.3. The Morgan fingerprint density at radius 3 is 1.64 bits per heavy atom. The largest absolute Gasteiger partial charge is 0.477 e. The molecule has 2 saturated carbocycles. The number of carboxylic acids is 2. The van der Waals surface area contributed by atoms with Gasteiger partial charge in [0.2, 0.25) is 0 Å². The summed E-state index contributed by atoms with van der Waals surface area (Å²) in [5.41, 5.74) is 18.0. The minimum atomic E-state index is -1.21. The van der Waals surface area contributed by atoms with Crippen LogP contribution in [0, 0.1) is 0 Å². The molecule has 2 fully saturated rings. The maximum atomic E-state index is 13.0. The van der Waals surface area contributed by atoms with Crippen molar-refractivity contribution in [2.24, 2.45) is 8.80 Å². The lowest BCUT2D eigenvalue weighted by atomic mass is 9.89. The van der Waals surface area contributed by atoms with E-state index in [4.69, 9.17) is 23.1 Å². The van der Waals surface area contributed by atoms with Gasteiger partial charge in [-0.3, -0.25) is 0 Å². The van der Waals surface area contributed by atoms with Crippen molar-refractivity contribution in [1.29, 1.82) is 0 Å². The zero-order valence-corrected chi connectivity index (χ0v) is 48.8. The summed E-state index contributed by atoms with van der Waals surface area (Å²) in [6.07, 6.45) is 12.0. The molecule has 0 radical (unpaired) electrons. The second-order valence-electron chi connectivity index (χ2n) is 22.4. The molecule has 414 valence electrons. The number of hydrogen-bond acceptors (Lipinski definition) is 14. The van der Waals surface area contributed by atoms with Crippen LogP contribution in [0.25, 0.3) is 86.4 Å². The van der Waals surface area contributed by atoms with Gasteiger partial charge >= 0.3 is 11.9 Å². The normalized spacial score (nSPS) is 19.1. The van der Waals surface area contributed by atoms with Crippen LogP contribution in [0.4, 0.5) is 22.7 Å². The maximum Gasteiger partial charge on any atom is 0.354 e. The molecule has 3 aliphatic carbocycles. The van der Waals surface area contributed by atoms with Crippen molar-refractivity contribution in [2.45, 2.75) is 68.9 Å². The second-order valence-corrected chi connectivity index (χ2v) is 25.7. The van der Waals surface area contributed by atoms with Crippen LogP contribution in [0.3, 0.4) is 0 Å². The summed E-state index contributed by atoms with van der Waals surface area (Å²) in [6, 6.07) is 55.5. The van der Waals surface area contributed by atoms with Gasteiger partial charge in [0, 0.05) is 118 Å². The molecule has 2 N–H and O–H groups in total. The number of fused-ring (bicyclic) bond motifs is 10. The molecule has 4 atom stereocenters. The number of pyridine rings is 2. The summed E-state index contributed by atoms with van der Waals surface area (Å²) in [4.78, 5) is 44.0. The SMILES string of the molecule is C=NS/N=C1\CC(c2ccc(-c3cc(C(=O)O)nc4c3ccc3c(-c5ccc(-c6ccc(-c7ccc8c(c7)N(c7ccccc7)C7CCCC87)c7nsnc67)s5)cc(C(=O)O)nc34)s2)=CC=C1c1ccc2c(c1)N(c1ccccc1)C1CCCC21. The molecule has 85 heavy (non-hydrogen) atoms. The summed E-state index contributed by atoms with van der Waals surface area (Å²) < 4.78 is 18.7. The van der Waals surface area contributed by atoms with Gasteiger partial charge in [-0.05, 0) is 126 Å². The number of para-hydroxylation sites is 2. The Morgan fingerprint density at radius 1 is 0.541 bits per heavy atom. The number of benzene rings is 6. The van der Waals surface area contributed by atoms with Gasteiger partial charge in [-0.1, -0.05) is 110 Å². The van der Waals surface area contributed by atoms with Gasteiger partial charge in [-0.2, -0.15) is 13.1 Å². The molecule has 16 rings (SSSR count). The molecule has 5 aromatic heterocycles. The third-order valence-corrected chi connectivity index (χ3v) is 21.2. The summed E-state index contributed by atoms with van der Waals surface area (Å²) >= 11 is 5.34. The highest BCUT2D eigenvalue weighted by Crippen LogP contribution is 2.55. The van der Waals surface area contributed by atoms with Crippen LogP contribution in [0.2, 0.25) is 0 Å². The number of rotatable bonds is 12. The molecule has 0 saturated heterocycles. The first-order valence-electron chi connectivity index (χ1n) is 28.5. The van der Waals surface area contributed by atoms with E-state index in [1.54, 1.807) is 23.5 Å². The van der Waals surface area contributed by atoms with Gasteiger partial charge in [0.05, 0.1) is 28.5 Å². The topological polar surface area (TPSA) is 157 Å². The summed E-state index contributed by atoms with van der Waals surface area (Å²) in [5, 5.41) is 22.5. The number of aromatic nitrogens is 4. The lowest BCUT2D eigenvalue weighted by Crippen LogP contribution is -2.26. The van der Waals surface area contributed by atoms with Crippen LogP contribution in [-0.2, 0) is 0 Å². The minimum Gasteiger partial charge on any atom is -0.477 e. The van der Waals surface area contributed by atoms with E-state index in [0.29, 0.717) is 63.3 Å². The highest BCUT2D eigenvalue weighted by molar-refractivity contribution is 7.97. The van der Waals surface area contributed by atoms with E-state index in [9.17, 15) is 19.8 Å². The third kappa shape index (κ3) is 8.59. The van der Waals surface area contributed by atoms with Crippen molar-refractivity contribution in [3.05, 3.63) is 203 Å². The quantitative estimate of drug-likeness (QED) is 0.0681. The molecule has 16 heteroatoms. The summed E-state index contributed by atoms with van der Waals surface area (Å²) in [5.74, 6) is -1.39. The van der Waals surface area contributed by atoms with E-state index in [1.165, 1.54) is 95.5 Å². The lowest BCUT2D eigenvalue weighted by molar-refractivity contribution is 0.0680. The van der Waals surface area contributed by atoms with Gasteiger partial charge in [-0.15, -0.1) is 22.7 Å². The van der Waals surface area contributed by atoms with Crippen LogP contribution in [0.5, 0.6) is 0 Å². The number of aromatic carboxylic acids is 2. The molecule has 7 heterocycles. The van der Waals surface area contributed by atoms with E-state index in [1.807, 2.05) is 30.3 Å². The minimum absolute atomic E-state index is 0.177. The number of allylic oxidation sites excluding steroid dienone is 4. The Morgan fingerprint density at radius 2 is 1.06 bits per heavy atom. The smallest absolute Gasteiger partial charge is 0.354 e. The first kappa shape index (κ1) is 51.7. The van der Waals surface area contributed by atoms with Crippen molar-refractivity contribution < 1.29 is 19.8 Å². The molecular formula is C69H50N8O4S4. The molecule has 6 aromatic carbocycles. The predicted octanol–water partition coefficient (Wildman–Crippen LogP) is 18.1. The van der Waals surface area contributed by atoms with Crippen molar-refractivity contribution in [1.82, 2.24) is 18.7 Å². The van der Waals surface area contributed by atoms with Gasteiger partial charge in [0.1, 0.15) is 34.6 Å². The number of hydrogen-bond donors (Lipinski definition) is 2. The van der Waals surface area contributed by atoms with Crippen molar-refractivity contribution in [3.8, 4) is 42.4 Å². The molecule has 5 aliphatic rings. The fraction of sp³-hybridized carbons (Fsp3) is 0.159. The molecular weight excluding hydrogens is 1130 g/mol. The molecule has 11 aromatic rings. The Bertz CT molecular complexity index is 4720. The Hall–Kier alpha value is -8.93. The van der Waals surface area contributed by atoms with Crippen LogP contribution >= 0.6 is 46.5 Å². The molecule has 2 aliphatic heterocycles. The monoisotopic (exact) mass is 1180 g/mol. The number of carboxylic acid groups (broad SMARTS) is 2. The molecule has 4 unspecified atom stereocenters. The fourth-order valence-electron chi connectivity index (χ4n) is 14.3. The molecule has 12 nitrogen and oxygen atoms in total. The van der Waals surface area contributed by atoms with Crippen LogP contribution in [0.15, 0.2) is 179 Å². The highest BCUT2D eigenvalue weighted by atomic mass is 32.2. The van der Waals surface area contributed by atoms with E-state index in [0.717, 1.165) is 81.8 Å². The van der Waals surface area contributed by atoms with Gasteiger partial charge in [0.25, 0.3) is 0 Å². The van der Waals surface area contributed by atoms with Crippen molar-refractivity contribution >= 4 is 138 Å². The van der Waals surface area contributed by atoms with Crippen molar-refractivity contribution in [2.75, 3.05) is 9.80 Å². The Kier molecular flexibility index (Phi) is 12.6. The summed E-state index contributed by atoms with van der Waals surface area (Å²) in [7, 11) is 0. The Labute approximate surface area is 505 Å². The molecule has 0 bridgehead atoms. The first-order chi connectivity index (χ1) is 41.7. The second kappa shape index (κ2) is 20.7. The third-order valence-electron chi connectivity index (χ3n) is 18.0. The van der Waals surface area contributed by atoms with E-state index in [-0.39, 0.29) is 11.4 Å². The van der Waals surface area contributed by atoms with E-state index < -0.39 is 11.9 Å². The van der Waals surface area contributed by atoms with Gasteiger partial charge in [0.15, 0.2) is 0 Å². The van der Waals surface area contributed by atoms with Crippen LogP contribution < -0.4 is 9.80 Å². The molecule has 0 amide bonds. The summed E-state index contributed by atoms with van der Waals surface area (Å²) in [6.45, 7) is 3.71. The number of thiophene rings is 2. The van der Waals surface area contributed by atoms with Gasteiger partial charge in [-0.25, -0.2) is 24.0 Å². The average molecular weight is 1180 g/mol. The van der Waals surface area contributed by atoms with Crippen molar-refractivity contribution in [3.63, 3.8) is 0 Å². The molecule has 0 spiro atoms.